The lowest BCUT2D eigenvalue weighted by atomic mass is 10.1. The van der Waals surface area contributed by atoms with Crippen molar-refractivity contribution in [3.05, 3.63) is 90.5 Å². The van der Waals surface area contributed by atoms with E-state index in [2.05, 4.69) is 36.4 Å². The lowest BCUT2D eigenvalue weighted by Gasteiger charge is -2.19. The highest BCUT2D eigenvalue weighted by Crippen LogP contribution is 2.26. The van der Waals surface area contributed by atoms with Gasteiger partial charge in [0.2, 0.25) is 0 Å². The highest BCUT2D eigenvalue weighted by Gasteiger charge is 2.13. The molecule has 1 unspecified atom stereocenters. The van der Waals surface area contributed by atoms with E-state index >= 15 is 0 Å². The summed E-state index contributed by atoms with van der Waals surface area (Å²) in [7, 11) is 1.69. The van der Waals surface area contributed by atoms with E-state index in [1.165, 1.54) is 11.1 Å². The van der Waals surface area contributed by atoms with Crippen LogP contribution >= 0.6 is 0 Å². The minimum Gasteiger partial charge on any atom is -0.483 e. The Kier molecular flexibility index (Phi) is 5.07. The van der Waals surface area contributed by atoms with Crippen LogP contribution in [0.2, 0.25) is 0 Å². The molecule has 0 N–H and O–H groups in total. The summed E-state index contributed by atoms with van der Waals surface area (Å²) in [6, 6.07) is 28.7. The minimum atomic E-state index is -0.108. The van der Waals surface area contributed by atoms with Crippen LogP contribution in [0.3, 0.4) is 0 Å². The second kappa shape index (κ2) is 7.61. The van der Waals surface area contributed by atoms with Crippen molar-refractivity contribution in [2.45, 2.75) is 6.10 Å². The Labute approximate surface area is 137 Å². The third kappa shape index (κ3) is 3.99. The quantitative estimate of drug-likeness (QED) is 0.629. The van der Waals surface area contributed by atoms with Crippen LogP contribution in [0.4, 0.5) is 0 Å². The molecule has 0 radical (unpaired) electrons. The number of ether oxygens (including phenoxy) is 2. The Bertz CT molecular complexity index is 706. The van der Waals surface area contributed by atoms with Gasteiger partial charge in [-0.25, -0.2) is 0 Å². The first-order chi connectivity index (χ1) is 11.4. The van der Waals surface area contributed by atoms with Crippen molar-refractivity contribution in [3.8, 4) is 16.9 Å². The molecule has 0 spiro atoms. The zero-order valence-corrected chi connectivity index (χ0v) is 13.2. The van der Waals surface area contributed by atoms with Crippen molar-refractivity contribution in [1.29, 1.82) is 0 Å². The Hall–Kier alpha value is -2.58. The van der Waals surface area contributed by atoms with E-state index in [0.29, 0.717) is 6.61 Å². The smallest absolute Gasteiger partial charge is 0.147 e. The van der Waals surface area contributed by atoms with E-state index in [4.69, 9.17) is 9.47 Å². The van der Waals surface area contributed by atoms with Crippen molar-refractivity contribution < 1.29 is 9.47 Å². The molecule has 0 saturated heterocycles. The molecule has 0 aliphatic carbocycles. The fourth-order valence-corrected chi connectivity index (χ4v) is 2.54. The summed E-state index contributed by atoms with van der Waals surface area (Å²) in [6.45, 7) is 0.518. The van der Waals surface area contributed by atoms with Crippen molar-refractivity contribution >= 4 is 0 Å². The van der Waals surface area contributed by atoms with E-state index in [1.807, 2.05) is 48.5 Å². The van der Waals surface area contributed by atoms with Crippen LogP contribution in [0.25, 0.3) is 11.1 Å². The summed E-state index contributed by atoms with van der Waals surface area (Å²) in [5.41, 5.74) is 3.50. The number of hydrogen-bond donors (Lipinski definition) is 0. The number of methoxy groups -OCH3 is 1. The molecule has 3 aromatic rings. The van der Waals surface area contributed by atoms with Gasteiger partial charge in [-0.1, -0.05) is 72.8 Å². The molecule has 0 bridgehead atoms. The fraction of sp³-hybridized carbons (Fsp3) is 0.143. The topological polar surface area (TPSA) is 18.5 Å². The standard InChI is InChI=1S/C21H20O2/c1-22-16-21(19-10-6-3-7-11-19)23-20-14-12-18(13-15-20)17-8-4-2-5-9-17/h2-15,21H,16H2,1H3. The van der Waals surface area contributed by atoms with Gasteiger partial charge in [-0.05, 0) is 28.8 Å². The predicted octanol–water partition coefficient (Wildman–Crippen LogP) is 5.12. The highest BCUT2D eigenvalue weighted by molar-refractivity contribution is 5.63. The molecule has 1 atom stereocenters. The molecule has 0 heterocycles. The van der Waals surface area contributed by atoms with Crippen LogP contribution in [0.15, 0.2) is 84.9 Å². The minimum absolute atomic E-state index is 0.108. The summed E-state index contributed by atoms with van der Waals surface area (Å²) >= 11 is 0. The van der Waals surface area contributed by atoms with E-state index in [0.717, 1.165) is 11.3 Å². The summed E-state index contributed by atoms with van der Waals surface area (Å²) < 4.78 is 11.4. The molecule has 0 saturated carbocycles. The van der Waals surface area contributed by atoms with Crippen molar-refractivity contribution in [3.63, 3.8) is 0 Å². The molecule has 116 valence electrons. The molecule has 2 nitrogen and oxygen atoms in total. The summed E-state index contributed by atoms with van der Waals surface area (Å²) in [4.78, 5) is 0. The maximum Gasteiger partial charge on any atom is 0.147 e. The van der Waals surface area contributed by atoms with Gasteiger partial charge in [0.25, 0.3) is 0 Å². The van der Waals surface area contributed by atoms with Crippen molar-refractivity contribution in [1.82, 2.24) is 0 Å². The molecule has 0 fully saturated rings. The van der Waals surface area contributed by atoms with Gasteiger partial charge < -0.3 is 9.47 Å². The van der Waals surface area contributed by atoms with E-state index in [-0.39, 0.29) is 6.10 Å². The van der Waals surface area contributed by atoms with Crippen LogP contribution in [0, 0.1) is 0 Å². The molecule has 0 aliphatic heterocycles. The summed E-state index contributed by atoms with van der Waals surface area (Å²) in [5.74, 6) is 0.843. The maximum atomic E-state index is 6.11. The van der Waals surface area contributed by atoms with Gasteiger partial charge in [0, 0.05) is 7.11 Å². The molecular weight excluding hydrogens is 284 g/mol. The average molecular weight is 304 g/mol. The molecule has 2 heteroatoms. The van der Waals surface area contributed by atoms with E-state index < -0.39 is 0 Å². The Morgan fingerprint density at radius 1 is 0.696 bits per heavy atom. The van der Waals surface area contributed by atoms with Crippen molar-refractivity contribution in [2.75, 3.05) is 13.7 Å². The van der Waals surface area contributed by atoms with Gasteiger partial charge >= 0.3 is 0 Å². The van der Waals surface area contributed by atoms with E-state index in [1.54, 1.807) is 7.11 Å². The van der Waals surface area contributed by atoms with Crippen LogP contribution in [-0.2, 0) is 4.74 Å². The van der Waals surface area contributed by atoms with Crippen LogP contribution in [0.5, 0.6) is 5.75 Å². The molecule has 3 aromatic carbocycles. The molecule has 0 aromatic heterocycles. The Morgan fingerprint density at radius 2 is 1.26 bits per heavy atom. The first-order valence-corrected chi connectivity index (χ1v) is 7.73. The lowest BCUT2D eigenvalue weighted by molar-refractivity contribution is 0.0810. The summed E-state index contributed by atoms with van der Waals surface area (Å²) in [6.07, 6.45) is -0.108. The first-order valence-electron chi connectivity index (χ1n) is 7.73. The van der Waals surface area contributed by atoms with E-state index in [9.17, 15) is 0 Å². The summed E-state index contributed by atoms with van der Waals surface area (Å²) in [5, 5.41) is 0. The number of benzene rings is 3. The van der Waals surface area contributed by atoms with Gasteiger partial charge in [-0.2, -0.15) is 0 Å². The Morgan fingerprint density at radius 3 is 1.87 bits per heavy atom. The molecule has 0 aliphatic rings. The second-order valence-electron chi connectivity index (χ2n) is 5.36. The monoisotopic (exact) mass is 304 g/mol. The third-order valence-electron chi connectivity index (χ3n) is 3.73. The maximum absolute atomic E-state index is 6.11. The van der Waals surface area contributed by atoms with Gasteiger partial charge in [0.1, 0.15) is 11.9 Å². The van der Waals surface area contributed by atoms with Gasteiger partial charge in [0.05, 0.1) is 6.61 Å². The predicted molar refractivity (Wildman–Crippen MR) is 93.6 cm³/mol. The van der Waals surface area contributed by atoms with Gasteiger partial charge in [-0.15, -0.1) is 0 Å². The van der Waals surface area contributed by atoms with Gasteiger partial charge in [0.15, 0.2) is 0 Å². The normalized spacial score (nSPS) is 11.9. The fourth-order valence-electron chi connectivity index (χ4n) is 2.54. The largest absolute Gasteiger partial charge is 0.483 e. The second-order valence-corrected chi connectivity index (χ2v) is 5.36. The highest BCUT2D eigenvalue weighted by atomic mass is 16.5. The van der Waals surface area contributed by atoms with Crippen LogP contribution < -0.4 is 4.74 Å². The SMILES string of the molecule is COCC(Oc1ccc(-c2ccccc2)cc1)c1ccccc1. The lowest BCUT2D eigenvalue weighted by Crippen LogP contribution is -2.13. The van der Waals surface area contributed by atoms with Crippen LogP contribution in [-0.4, -0.2) is 13.7 Å². The zero-order chi connectivity index (χ0) is 15.9. The number of rotatable bonds is 6. The average Bonchev–Trinajstić information content (AvgIpc) is 2.63. The molecule has 23 heavy (non-hydrogen) atoms. The first kappa shape index (κ1) is 15.3. The third-order valence-corrected chi connectivity index (χ3v) is 3.73. The zero-order valence-electron chi connectivity index (χ0n) is 13.2. The molecular formula is C21H20O2. The molecule has 0 amide bonds. The van der Waals surface area contributed by atoms with Gasteiger partial charge in [-0.3, -0.25) is 0 Å². The number of hydrogen-bond acceptors (Lipinski definition) is 2. The molecule has 3 rings (SSSR count). The van der Waals surface area contributed by atoms with Crippen LogP contribution in [0.1, 0.15) is 11.7 Å². The van der Waals surface area contributed by atoms with Crippen molar-refractivity contribution in [2.24, 2.45) is 0 Å². The Balaban J connectivity index is 1.76.